The van der Waals surface area contributed by atoms with E-state index in [4.69, 9.17) is 9.47 Å². The quantitative estimate of drug-likeness (QED) is 0.322. The first-order valence-corrected chi connectivity index (χ1v) is 6.74. The molecule has 0 radical (unpaired) electrons. The van der Waals surface area contributed by atoms with Gasteiger partial charge in [0.1, 0.15) is 6.29 Å². The third kappa shape index (κ3) is 4.72. The fourth-order valence-corrected chi connectivity index (χ4v) is 1.70. The molecule has 0 spiro atoms. The maximum absolute atomic E-state index is 11.6. The molecule has 1 aromatic rings. The van der Waals surface area contributed by atoms with E-state index >= 15 is 0 Å². The van der Waals surface area contributed by atoms with Crippen LogP contribution >= 0.6 is 0 Å². The maximum Gasteiger partial charge on any atom is 0.315 e. The van der Waals surface area contributed by atoms with Gasteiger partial charge in [0.25, 0.3) is 5.91 Å². The summed E-state index contributed by atoms with van der Waals surface area (Å²) in [4.78, 5) is 32.8. The molecule has 0 aliphatic heterocycles. The molecule has 0 saturated heterocycles. The summed E-state index contributed by atoms with van der Waals surface area (Å²) in [5.41, 5.74) is -0.342. The van der Waals surface area contributed by atoms with Crippen LogP contribution in [0, 0.1) is 10.1 Å². The molecule has 1 amide bonds. The van der Waals surface area contributed by atoms with Crippen molar-refractivity contribution in [2.24, 2.45) is 0 Å². The van der Waals surface area contributed by atoms with E-state index in [-0.39, 0.29) is 29.6 Å². The van der Waals surface area contributed by atoms with Gasteiger partial charge in [-0.1, -0.05) is 13.3 Å². The molecular weight excluding hydrogens is 292 g/mol. The number of nitrogens with zero attached hydrogens (tertiary/aromatic N) is 1. The molecule has 0 aliphatic carbocycles. The van der Waals surface area contributed by atoms with E-state index < -0.39 is 10.6 Å². The number of ether oxygens (including phenoxy) is 2. The lowest BCUT2D eigenvalue weighted by molar-refractivity contribution is -0.385. The zero-order valence-electron chi connectivity index (χ0n) is 12.5. The predicted molar refractivity (Wildman–Crippen MR) is 78.4 cm³/mol. The first-order chi connectivity index (χ1) is 10.5. The van der Waals surface area contributed by atoms with Gasteiger partial charge >= 0.3 is 5.69 Å². The number of hydrogen-bond acceptors (Lipinski definition) is 6. The Balaban J connectivity index is 2.90. The average Bonchev–Trinajstić information content (AvgIpc) is 2.52. The highest BCUT2D eigenvalue weighted by Crippen LogP contribution is 2.37. The van der Waals surface area contributed by atoms with Gasteiger partial charge in [-0.3, -0.25) is 19.7 Å². The Morgan fingerprint density at radius 3 is 2.73 bits per heavy atom. The smallest absolute Gasteiger partial charge is 0.315 e. The van der Waals surface area contributed by atoms with E-state index in [1.54, 1.807) is 0 Å². The van der Waals surface area contributed by atoms with Crippen molar-refractivity contribution in [3.05, 3.63) is 27.8 Å². The van der Waals surface area contributed by atoms with E-state index in [1.165, 1.54) is 13.2 Å². The standard InChI is InChI=1S/C14H18N2O6/c1-3-4-5-15-13(18)9-22-14-11(16(19)20)6-10(8-17)7-12(14)21-2/h6-8H,3-5,9H2,1-2H3,(H,15,18). The third-order valence-electron chi connectivity index (χ3n) is 2.81. The van der Waals surface area contributed by atoms with Crippen LogP contribution in [-0.4, -0.2) is 37.4 Å². The normalized spacial score (nSPS) is 9.91. The number of amides is 1. The van der Waals surface area contributed by atoms with Crippen molar-refractivity contribution in [2.75, 3.05) is 20.3 Å². The zero-order chi connectivity index (χ0) is 16.5. The molecule has 0 aliphatic rings. The average molecular weight is 310 g/mol. The lowest BCUT2D eigenvalue weighted by Crippen LogP contribution is -2.29. The van der Waals surface area contributed by atoms with Gasteiger partial charge in [-0.15, -0.1) is 0 Å². The second-order valence-electron chi connectivity index (χ2n) is 4.44. The first-order valence-electron chi connectivity index (χ1n) is 6.74. The maximum atomic E-state index is 11.6. The van der Waals surface area contributed by atoms with Gasteiger partial charge in [-0.25, -0.2) is 0 Å². The summed E-state index contributed by atoms with van der Waals surface area (Å²) in [5, 5.41) is 13.7. The van der Waals surface area contributed by atoms with Crippen LogP contribution in [0.25, 0.3) is 0 Å². The number of benzene rings is 1. The molecule has 1 rings (SSSR count). The first kappa shape index (κ1) is 17.4. The molecule has 1 aromatic carbocycles. The summed E-state index contributed by atoms with van der Waals surface area (Å²) < 4.78 is 10.2. The molecule has 0 bridgehead atoms. The number of carbonyl (C=O) groups excluding carboxylic acids is 2. The SMILES string of the molecule is CCCCNC(=O)COc1c(OC)cc(C=O)cc1[N+](=O)[O-]. The van der Waals surface area contributed by atoms with Gasteiger partial charge in [-0.05, 0) is 12.5 Å². The largest absolute Gasteiger partial charge is 0.493 e. The van der Waals surface area contributed by atoms with Gasteiger partial charge in [0.05, 0.1) is 12.0 Å². The molecule has 0 unspecified atom stereocenters. The number of hydrogen-bond donors (Lipinski definition) is 1. The van der Waals surface area contributed by atoms with Crippen LogP contribution in [0.2, 0.25) is 0 Å². The van der Waals surface area contributed by atoms with Crippen molar-refractivity contribution < 1.29 is 24.0 Å². The predicted octanol–water partition coefficient (Wildman–Crippen LogP) is 1.71. The van der Waals surface area contributed by atoms with Crippen molar-refractivity contribution in [3.63, 3.8) is 0 Å². The summed E-state index contributed by atoms with van der Waals surface area (Å²) in [6, 6.07) is 2.38. The van der Waals surface area contributed by atoms with Gasteiger partial charge < -0.3 is 14.8 Å². The minimum Gasteiger partial charge on any atom is -0.493 e. The Bertz CT molecular complexity index is 559. The number of nitro groups is 1. The van der Waals surface area contributed by atoms with Crippen LogP contribution in [0.3, 0.4) is 0 Å². The highest BCUT2D eigenvalue weighted by molar-refractivity contribution is 5.80. The molecule has 0 heterocycles. The minimum absolute atomic E-state index is 0.0256. The summed E-state index contributed by atoms with van der Waals surface area (Å²) in [6.07, 6.45) is 2.24. The Hall–Kier alpha value is -2.64. The molecule has 0 saturated carbocycles. The van der Waals surface area contributed by atoms with Gasteiger partial charge in [-0.2, -0.15) is 0 Å². The van der Waals surface area contributed by atoms with E-state index in [2.05, 4.69) is 5.32 Å². The number of unbranched alkanes of at least 4 members (excludes halogenated alkanes) is 1. The summed E-state index contributed by atoms with van der Waals surface area (Å²) in [5.74, 6) is -0.536. The molecule has 8 heteroatoms. The van der Waals surface area contributed by atoms with Crippen LogP contribution < -0.4 is 14.8 Å². The topological polar surface area (TPSA) is 108 Å². The minimum atomic E-state index is -0.695. The highest BCUT2D eigenvalue weighted by atomic mass is 16.6. The number of rotatable bonds is 9. The van der Waals surface area contributed by atoms with E-state index in [1.807, 2.05) is 6.92 Å². The number of nitrogens with one attached hydrogen (secondary N) is 1. The molecule has 8 nitrogen and oxygen atoms in total. The van der Waals surface area contributed by atoms with Gasteiger partial charge in [0.15, 0.2) is 12.4 Å². The number of aldehydes is 1. The highest BCUT2D eigenvalue weighted by Gasteiger charge is 2.23. The lowest BCUT2D eigenvalue weighted by Gasteiger charge is -2.11. The van der Waals surface area contributed by atoms with Crippen LogP contribution in [0.1, 0.15) is 30.1 Å². The second kappa shape index (κ2) is 8.60. The molecule has 0 fully saturated rings. The van der Waals surface area contributed by atoms with Gasteiger partial charge in [0, 0.05) is 18.2 Å². The summed E-state index contributed by atoms with van der Waals surface area (Å²) in [7, 11) is 1.29. The Kier molecular flexibility index (Phi) is 6.81. The second-order valence-corrected chi connectivity index (χ2v) is 4.44. The Labute approximate surface area is 127 Å². The summed E-state index contributed by atoms with van der Waals surface area (Å²) >= 11 is 0. The molecule has 0 aromatic heterocycles. The fourth-order valence-electron chi connectivity index (χ4n) is 1.70. The molecule has 22 heavy (non-hydrogen) atoms. The molecule has 1 N–H and O–H groups in total. The van der Waals surface area contributed by atoms with Crippen LogP contribution in [0.4, 0.5) is 5.69 Å². The van der Waals surface area contributed by atoms with E-state index in [0.717, 1.165) is 18.9 Å². The lowest BCUT2D eigenvalue weighted by atomic mass is 10.2. The van der Waals surface area contributed by atoms with Crippen molar-refractivity contribution in [2.45, 2.75) is 19.8 Å². The van der Waals surface area contributed by atoms with Crippen molar-refractivity contribution in [1.82, 2.24) is 5.32 Å². The van der Waals surface area contributed by atoms with Crippen LogP contribution in [-0.2, 0) is 4.79 Å². The number of carbonyl (C=O) groups is 2. The summed E-state index contributed by atoms with van der Waals surface area (Å²) in [6.45, 7) is 2.13. The van der Waals surface area contributed by atoms with Crippen molar-refractivity contribution in [3.8, 4) is 11.5 Å². The fraction of sp³-hybridized carbons (Fsp3) is 0.429. The van der Waals surface area contributed by atoms with E-state index in [0.29, 0.717) is 12.8 Å². The molecule has 120 valence electrons. The zero-order valence-corrected chi connectivity index (χ0v) is 12.5. The van der Waals surface area contributed by atoms with Crippen molar-refractivity contribution >= 4 is 17.9 Å². The molecule has 0 atom stereocenters. The van der Waals surface area contributed by atoms with Crippen LogP contribution in [0.5, 0.6) is 11.5 Å². The van der Waals surface area contributed by atoms with Crippen molar-refractivity contribution in [1.29, 1.82) is 0 Å². The molecular formula is C14H18N2O6. The third-order valence-corrected chi connectivity index (χ3v) is 2.81. The number of nitro benzene ring substituents is 1. The van der Waals surface area contributed by atoms with Crippen LogP contribution in [0.15, 0.2) is 12.1 Å². The number of methoxy groups -OCH3 is 1. The van der Waals surface area contributed by atoms with Gasteiger partial charge in [0.2, 0.25) is 5.75 Å². The monoisotopic (exact) mass is 310 g/mol. The van der Waals surface area contributed by atoms with E-state index in [9.17, 15) is 19.7 Å². The Morgan fingerprint density at radius 2 is 2.18 bits per heavy atom. The Morgan fingerprint density at radius 1 is 1.45 bits per heavy atom.